The number of fused-ring (bicyclic) bond motifs is 13. The van der Waals surface area contributed by atoms with Gasteiger partial charge < -0.3 is 25.9 Å². The number of nitrogens with zero attached hydrogens (tertiary/aromatic N) is 2. The van der Waals surface area contributed by atoms with Gasteiger partial charge >= 0.3 is 0 Å². The maximum Gasteiger partial charge on any atom is 0.252 e. The van der Waals surface area contributed by atoms with Gasteiger partial charge in [-0.15, -0.1) is 0 Å². The van der Waals surface area contributed by atoms with Gasteiger partial charge in [0.25, 0.3) is 5.91 Å². The number of rotatable bonds is 1. The van der Waals surface area contributed by atoms with Gasteiger partial charge in [-0.05, 0) is 30.5 Å². The monoisotopic (exact) mass is 435 g/mol. The number of hydrogen-bond acceptors (Lipinski definition) is 3. The summed E-state index contributed by atoms with van der Waals surface area (Å²) in [5.74, 6) is -0.522. The van der Waals surface area contributed by atoms with Crippen molar-refractivity contribution in [3.8, 4) is 0 Å². The first-order valence-corrected chi connectivity index (χ1v) is 11.4. The van der Waals surface area contributed by atoms with E-state index in [9.17, 15) is 9.59 Å². The summed E-state index contributed by atoms with van der Waals surface area (Å²) in [6.45, 7) is 0.518. The number of amides is 2. The quantitative estimate of drug-likeness (QED) is 0.376. The molecular weight excluding hydrogens is 414 g/mol. The zero-order chi connectivity index (χ0) is 22.2. The van der Waals surface area contributed by atoms with Crippen LogP contribution in [0.4, 0.5) is 0 Å². The number of carbonyl (C=O) groups excluding carboxylic acids is 2. The molecule has 3 atom stereocenters. The van der Waals surface area contributed by atoms with E-state index in [1.807, 2.05) is 24.3 Å². The highest BCUT2D eigenvalue weighted by atomic mass is 16.2. The molecule has 1 fully saturated rings. The Morgan fingerprint density at radius 3 is 2.33 bits per heavy atom. The average Bonchev–Trinajstić information content (AvgIpc) is 3.51. The second-order valence-electron chi connectivity index (χ2n) is 9.77. The van der Waals surface area contributed by atoms with Crippen molar-refractivity contribution >= 4 is 55.4 Å². The van der Waals surface area contributed by atoms with Crippen LogP contribution in [-0.2, 0) is 11.3 Å². The minimum atomic E-state index is -1.17. The lowest BCUT2D eigenvalue weighted by atomic mass is 9.92. The van der Waals surface area contributed by atoms with E-state index in [0.717, 1.165) is 54.7 Å². The van der Waals surface area contributed by atoms with Crippen molar-refractivity contribution in [2.24, 2.45) is 11.5 Å². The van der Waals surface area contributed by atoms with E-state index < -0.39 is 11.4 Å². The van der Waals surface area contributed by atoms with Crippen molar-refractivity contribution in [2.75, 3.05) is 0 Å². The van der Waals surface area contributed by atoms with Crippen LogP contribution >= 0.6 is 0 Å². The summed E-state index contributed by atoms with van der Waals surface area (Å²) in [5.41, 5.74) is 17.6. The average molecular weight is 435 g/mol. The van der Waals surface area contributed by atoms with Crippen LogP contribution in [0.2, 0.25) is 0 Å². The Morgan fingerprint density at radius 2 is 1.61 bits per heavy atom. The Bertz CT molecular complexity index is 1760. The summed E-state index contributed by atoms with van der Waals surface area (Å²) in [4.78, 5) is 26.0. The normalized spacial score (nSPS) is 25.4. The number of hydrogen-bond donors (Lipinski definition) is 3. The lowest BCUT2D eigenvalue weighted by Crippen LogP contribution is -2.55. The van der Waals surface area contributed by atoms with Crippen LogP contribution in [0.5, 0.6) is 0 Å². The molecule has 2 bridgehead atoms. The fourth-order valence-corrected chi connectivity index (χ4v) is 7.09. The summed E-state index contributed by atoms with van der Waals surface area (Å²) < 4.78 is 4.61. The van der Waals surface area contributed by atoms with Crippen molar-refractivity contribution in [3.05, 3.63) is 59.7 Å². The molecule has 4 heterocycles. The summed E-state index contributed by atoms with van der Waals surface area (Å²) in [7, 11) is 0. The van der Waals surface area contributed by atoms with Gasteiger partial charge in [0.15, 0.2) is 0 Å². The molecule has 2 aliphatic heterocycles. The number of nitrogens with one attached hydrogen (secondary N) is 1. The second-order valence-corrected chi connectivity index (χ2v) is 9.77. The number of para-hydroxylation sites is 2. The minimum Gasteiger partial charge on any atom is -0.368 e. The van der Waals surface area contributed by atoms with Crippen LogP contribution in [-0.4, -0.2) is 26.5 Å². The van der Waals surface area contributed by atoms with Gasteiger partial charge in [0.2, 0.25) is 5.91 Å². The highest BCUT2D eigenvalue weighted by Crippen LogP contribution is 2.55. The molecule has 7 heteroatoms. The Hall–Kier alpha value is -3.84. The molecule has 5 N–H and O–H groups in total. The molecule has 162 valence electrons. The van der Waals surface area contributed by atoms with Gasteiger partial charge in [-0.2, -0.15) is 0 Å². The maximum atomic E-state index is 13.2. The van der Waals surface area contributed by atoms with Crippen LogP contribution in [0.25, 0.3) is 43.6 Å². The lowest BCUT2D eigenvalue weighted by Gasteiger charge is -2.31. The number of primary amides is 1. The van der Waals surface area contributed by atoms with Crippen LogP contribution in [0.15, 0.2) is 48.5 Å². The third-order valence-electron chi connectivity index (χ3n) is 8.35. The number of benzene rings is 3. The Kier molecular flexibility index (Phi) is 2.88. The lowest BCUT2D eigenvalue weighted by molar-refractivity contribution is -0.124. The zero-order valence-electron chi connectivity index (χ0n) is 17.8. The minimum absolute atomic E-state index is 0.0416. The molecule has 0 spiro atoms. The Labute approximate surface area is 187 Å². The van der Waals surface area contributed by atoms with E-state index in [4.69, 9.17) is 11.5 Å². The fraction of sp³-hybridized carbons (Fsp3) is 0.231. The van der Waals surface area contributed by atoms with Gasteiger partial charge in [0.1, 0.15) is 5.54 Å². The van der Waals surface area contributed by atoms with Gasteiger partial charge in [-0.1, -0.05) is 36.4 Å². The van der Waals surface area contributed by atoms with Gasteiger partial charge in [-0.25, -0.2) is 0 Å². The summed E-state index contributed by atoms with van der Waals surface area (Å²) in [5, 5.41) is 7.29. The van der Waals surface area contributed by atoms with E-state index in [1.165, 1.54) is 0 Å². The fourth-order valence-electron chi connectivity index (χ4n) is 7.09. The highest BCUT2D eigenvalue weighted by Gasteiger charge is 2.53. The third kappa shape index (κ3) is 1.78. The third-order valence-corrected chi connectivity index (χ3v) is 8.35. The molecule has 0 unspecified atom stereocenters. The molecule has 3 aliphatic rings. The first-order chi connectivity index (χ1) is 16.0. The smallest absolute Gasteiger partial charge is 0.252 e. The van der Waals surface area contributed by atoms with Crippen molar-refractivity contribution < 1.29 is 9.59 Å². The molecule has 8 rings (SSSR count). The van der Waals surface area contributed by atoms with Crippen molar-refractivity contribution in [3.63, 3.8) is 0 Å². The standard InChI is InChI=1S/C26H21N5O2/c27-25(33)26(28)10-12-9-18(26)31-17-8-4-2-6-14(17)20-21-15(11-29-24(21)32)19-13-5-1-3-7-16(13)30(12)22(19)23(20)31/h1-8,12,18H,9-11,28H2,(H2,27,33)(H,29,32)/t12-,18+,26-/m0/s1. The van der Waals surface area contributed by atoms with Crippen molar-refractivity contribution in [2.45, 2.75) is 37.0 Å². The molecule has 3 aromatic carbocycles. The van der Waals surface area contributed by atoms with E-state index in [1.54, 1.807) is 0 Å². The van der Waals surface area contributed by atoms with Gasteiger partial charge in [0.05, 0.1) is 22.6 Å². The molecule has 33 heavy (non-hydrogen) atoms. The molecule has 0 radical (unpaired) electrons. The Balaban J connectivity index is 1.75. The number of nitrogens with two attached hydrogens (primary N) is 2. The van der Waals surface area contributed by atoms with E-state index >= 15 is 0 Å². The zero-order valence-corrected chi connectivity index (χ0v) is 17.8. The van der Waals surface area contributed by atoms with Crippen LogP contribution in [0.3, 0.4) is 0 Å². The predicted molar refractivity (Wildman–Crippen MR) is 127 cm³/mol. The van der Waals surface area contributed by atoms with Crippen LogP contribution < -0.4 is 16.8 Å². The van der Waals surface area contributed by atoms with Gasteiger partial charge in [0, 0.05) is 45.2 Å². The molecular formula is C26H21N5O2. The Morgan fingerprint density at radius 1 is 0.970 bits per heavy atom. The number of carbonyl (C=O) groups is 2. The summed E-state index contributed by atoms with van der Waals surface area (Å²) in [6.07, 6.45) is 1.20. The molecule has 2 aromatic heterocycles. The summed E-state index contributed by atoms with van der Waals surface area (Å²) >= 11 is 0. The topological polar surface area (TPSA) is 108 Å². The maximum absolute atomic E-state index is 13.2. The highest BCUT2D eigenvalue weighted by molar-refractivity contribution is 6.31. The largest absolute Gasteiger partial charge is 0.368 e. The molecule has 2 amide bonds. The van der Waals surface area contributed by atoms with E-state index in [-0.39, 0.29) is 18.0 Å². The van der Waals surface area contributed by atoms with Crippen LogP contribution in [0, 0.1) is 0 Å². The first-order valence-electron chi connectivity index (χ1n) is 11.4. The summed E-state index contributed by atoms with van der Waals surface area (Å²) in [6, 6.07) is 16.2. The number of aromatic nitrogens is 2. The molecule has 5 aromatic rings. The second kappa shape index (κ2) is 5.38. The predicted octanol–water partition coefficient (Wildman–Crippen LogP) is 3.22. The SMILES string of the molecule is NC(=O)[C@]1(N)C[C@@H]2C[C@H]1n1c3ccccc3c3c4c(c5c6ccccc6n2c5c31)CNC4=O. The molecule has 1 aliphatic carbocycles. The van der Waals surface area contributed by atoms with Crippen LogP contribution in [0.1, 0.15) is 40.8 Å². The molecule has 7 nitrogen and oxygen atoms in total. The first kappa shape index (κ1) is 17.7. The molecule has 1 saturated carbocycles. The van der Waals surface area contributed by atoms with Crippen molar-refractivity contribution in [1.82, 2.24) is 14.5 Å². The van der Waals surface area contributed by atoms with Crippen molar-refractivity contribution in [1.29, 1.82) is 0 Å². The molecule has 0 saturated heterocycles. The van der Waals surface area contributed by atoms with Gasteiger partial charge in [-0.3, -0.25) is 9.59 Å². The van der Waals surface area contributed by atoms with E-state index in [2.05, 4.69) is 38.7 Å². The van der Waals surface area contributed by atoms with E-state index in [0.29, 0.717) is 19.4 Å².